The normalized spacial score (nSPS) is 22.8. The molecule has 4 atom stereocenters. The first kappa shape index (κ1) is 31.5. The first-order valence-corrected chi connectivity index (χ1v) is 13.5. The molecule has 0 saturated heterocycles. The summed E-state index contributed by atoms with van der Waals surface area (Å²) < 4.78 is 0. The third-order valence-corrected chi connectivity index (χ3v) is 6.76. The highest BCUT2D eigenvalue weighted by atomic mass is 16.6. The average molecular weight is 582 g/mol. The molecule has 14 nitrogen and oxygen atoms in total. The van der Waals surface area contributed by atoms with Gasteiger partial charge in [0.05, 0.1) is 4.92 Å². The Labute approximate surface area is 242 Å². The fourth-order valence-corrected chi connectivity index (χ4v) is 4.34. The van der Waals surface area contributed by atoms with E-state index in [0.717, 1.165) is 11.6 Å². The number of primary amides is 1. The van der Waals surface area contributed by atoms with E-state index in [4.69, 9.17) is 5.73 Å². The van der Waals surface area contributed by atoms with Gasteiger partial charge in [-0.3, -0.25) is 34.1 Å². The lowest BCUT2D eigenvalue weighted by molar-refractivity contribution is -0.384. The lowest BCUT2D eigenvalue weighted by Gasteiger charge is -2.23. The van der Waals surface area contributed by atoms with Crippen molar-refractivity contribution in [1.29, 1.82) is 0 Å². The number of anilines is 1. The number of hydrogen-bond donors (Lipinski definition) is 6. The maximum absolute atomic E-state index is 13.1. The van der Waals surface area contributed by atoms with Gasteiger partial charge in [0.25, 0.3) is 11.6 Å². The zero-order valence-corrected chi connectivity index (χ0v) is 23.3. The number of amides is 5. The minimum Gasteiger partial charge on any atom is -0.368 e. The van der Waals surface area contributed by atoms with E-state index in [2.05, 4.69) is 26.6 Å². The van der Waals surface area contributed by atoms with Crippen molar-refractivity contribution >= 4 is 40.9 Å². The number of benzene rings is 2. The van der Waals surface area contributed by atoms with Gasteiger partial charge in [0, 0.05) is 24.6 Å². The van der Waals surface area contributed by atoms with E-state index in [1.54, 1.807) is 0 Å². The van der Waals surface area contributed by atoms with Gasteiger partial charge in [-0.2, -0.15) is 0 Å². The van der Waals surface area contributed by atoms with Crippen LogP contribution in [-0.4, -0.2) is 65.2 Å². The molecule has 42 heavy (non-hydrogen) atoms. The van der Waals surface area contributed by atoms with Gasteiger partial charge in [0.1, 0.15) is 29.9 Å². The lowest BCUT2D eigenvalue weighted by Crippen LogP contribution is -2.55. The van der Waals surface area contributed by atoms with Gasteiger partial charge < -0.3 is 32.3 Å². The van der Waals surface area contributed by atoms with Crippen molar-refractivity contribution in [2.24, 2.45) is 5.73 Å². The Hall–Kier alpha value is -5.01. The summed E-state index contributed by atoms with van der Waals surface area (Å²) in [5.74, 6) is -3.17. The highest BCUT2D eigenvalue weighted by molar-refractivity contribution is 5.99. The Bertz CT molecular complexity index is 1340. The second-order valence-corrected chi connectivity index (χ2v) is 10.1. The molecule has 2 aromatic rings. The smallest absolute Gasteiger partial charge is 0.293 e. The monoisotopic (exact) mass is 581 g/mol. The summed E-state index contributed by atoms with van der Waals surface area (Å²) in [6.45, 7) is 3.13. The molecule has 0 fully saturated rings. The zero-order valence-electron chi connectivity index (χ0n) is 23.3. The molecule has 0 saturated carbocycles. The molecule has 0 spiro atoms. The Balaban J connectivity index is 1.87. The predicted octanol–water partition coefficient (Wildman–Crippen LogP) is 0.511. The SMILES string of the molecule is C[C@@H]1NC(=O)[C@@H](C)Nc2ccc(cc2[N+](=O)[O-])C(=O)N[C@H](C(N)=O)CCCCNC(=O)[C@H](Cc2ccccc2)NC1=O. The number of nitrogens with zero attached hydrogens (tertiary/aromatic N) is 1. The van der Waals surface area contributed by atoms with Crippen LogP contribution in [0.5, 0.6) is 0 Å². The van der Waals surface area contributed by atoms with E-state index >= 15 is 0 Å². The van der Waals surface area contributed by atoms with Gasteiger partial charge in [-0.15, -0.1) is 0 Å². The third-order valence-electron chi connectivity index (χ3n) is 6.76. The van der Waals surface area contributed by atoms with Crippen LogP contribution < -0.4 is 32.3 Å². The van der Waals surface area contributed by atoms with Crippen LogP contribution in [0.4, 0.5) is 11.4 Å². The first-order chi connectivity index (χ1) is 20.0. The van der Waals surface area contributed by atoms with Gasteiger partial charge in [0.2, 0.25) is 23.6 Å². The third kappa shape index (κ3) is 8.74. The van der Waals surface area contributed by atoms with Crippen LogP contribution in [0, 0.1) is 10.1 Å². The number of carbonyl (C=O) groups excluding carboxylic acids is 5. The molecule has 7 N–H and O–H groups in total. The molecule has 2 heterocycles. The van der Waals surface area contributed by atoms with Crippen molar-refractivity contribution in [2.75, 3.05) is 11.9 Å². The molecule has 14 heteroatoms. The van der Waals surface area contributed by atoms with E-state index in [9.17, 15) is 34.1 Å². The van der Waals surface area contributed by atoms with Gasteiger partial charge in [-0.05, 0) is 50.8 Å². The molecular weight excluding hydrogens is 546 g/mol. The van der Waals surface area contributed by atoms with Crippen LogP contribution in [-0.2, 0) is 25.6 Å². The molecule has 2 aliphatic heterocycles. The number of fused-ring (bicyclic) bond motifs is 18. The van der Waals surface area contributed by atoms with E-state index in [0.29, 0.717) is 12.8 Å². The zero-order chi connectivity index (χ0) is 30.8. The Morgan fingerprint density at radius 2 is 1.57 bits per heavy atom. The number of nitro groups is 1. The molecule has 0 unspecified atom stereocenters. The summed E-state index contributed by atoms with van der Waals surface area (Å²) in [5.41, 5.74) is 5.70. The summed E-state index contributed by atoms with van der Waals surface area (Å²) in [7, 11) is 0. The molecule has 0 aliphatic carbocycles. The Morgan fingerprint density at radius 1 is 0.905 bits per heavy atom. The van der Waals surface area contributed by atoms with E-state index in [-0.39, 0.29) is 30.6 Å². The summed E-state index contributed by atoms with van der Waals surface area (Å²) in [6, 6.07) is 8.67. The van der Waals surface area contributed by atoms with Crippen LogP contribution in [0.1, 0.15) is 49.0 Å². The summed E-state index contributed by atoms with van der Waals surface area (Å²) in [5, 5.41) is 25.0. The molecule has 5 amide bonds. The van der Waals surface area contributed by atoms with Crippen LogP contribution >= 0.6 is 0 Å². The Morgan fingerprint density at radius 3 is 2.24 bits per heavy atom. The molecule has 2 aliphatic rings. The topological polar surface area (TPSA) is 215 Å². The summed E-state index contributed by atoms with van der Waals surface area (Å²) in [4.78, 5) is 74.8. The molecule has 2 aromatic carbocycles. The van der Waals surface area contributed by atoms with Crippen LogP contribution in [0.2, 0.25) is 0 Å². The van der Waals surface area contributed by atoms with Gasteiger partial charge in [-0.25, -0.2) is 0 Å². The van der Waals surface area contributed by atoms with Gasteiger partial charge >= 0.3 is 0 Å². The minimum atomic E-state index is -1.05. The fraction of sp³-hybridized carbons (Fsp3) is 0.393. The van der Waals surface area contributed by atoms with E-state index < -0.39 is 64.3 Å². The van der Waals surface area contributed by atoms with Crippen molar-refractivity contribution in [3.8, 4) is 0 Å². The lowest BCUT2D eigenvalue weighted by atomic mass is 10.0. The highest BCUT2D eigenvalue weighted by Gasteiger charge is 2.28. The molecule has 0 radical (unpaired) electrons. The first-order valence-electron chi connectivity index (χ1n) is 13.5. The van der Waals surface area contributed by atoms with Crippen LogP contribution in [0.15, 0.2) is 48.5 Å². The number of nitro benzene ring substituents is 1. The fourth-order valence-electron chi connectivity index (χ4n) is 4.34. The molecule has 2 bridgehead atoms. The number of nitrogens with one attached hydrogen (secondary N) is 5. The maximum Gasteiger partial charge on any atom is 0.293 e. The standard InChI is InChI=1S/C28H35N7O7/c1-16-25(37)32-17(2)26(38)34-22(14-18-8-4-3-5-9-18)28(40)30-13-7-6-10-21(24(29)36)33-27(39)19-11-12-20(31-16)23(15-19)35(41)42/h3-5,8-9,11-12,15-17,21-22,31H,6-7,10,13-14H2,1-2H3,(H2,29,36)(H,30,40)(H,32,37)(H,33,39)(H,34,38)/t16-,17+,21+,22+/m1/s1. The van der Waals surface area contributed by atoms with Gasteiger partial charge in [0.15, 0.2) is 0 Å². The van der Waals surface area contributed by atoms with Crippen molar-refractivity contribution < 1.29 is 28.9 Å². The number of carbonyl (C=O) groups is 5. The maximum atomic E-state index is 13.1. The average Bonchev–Trinajstić information content (AvgIpc) is 2.95. The summed E-state index contributed by atoms with van der Waals surface area (Å²) in [6.07, 6.45) is 1.22. The largest absolute Gasteiger partial charge is 0.368 e. The highest BCUT2D eigenvalue weighted by Crippen LogP contribution is 2.26. The second-order valence-electron chi connectivity index (χ2n) is 10.1. The van der Waals surface area contributed by atoms with Crippen molar-refractivity contribution in [3.05, 3.63) is 69.8 Å². The van der Waals surface area contributed by atoms with E-state index in [1.165, 1.54) is 26.0 Å². The Kier molecular flexibility index (Phi) is 10.9. The van der Waals surface area contributed by atoms with Crippen molar-refractivity contribution in [1.82, 2.24) is 21.3 Å². The van der Waals surface area contributed by atoms with Crippen molar-refractivity contribution in [2.45, 2.75) is 63.7 Å². The molecule has 4 rings (SSSR count). The van der Waals surface area contributed by atoms with Crippen LogP contribution in [0.25, 0.3) is 0 Å². The van der Waals surface area contributed by atoms with E-state index in [1.807, 2.05) is 30.3 Å². The quantitative estimate of drug-likeness (QED) is 0.169. The number of rotatable bonds is 4. The summed E-state index contributed by atoms with van der Waals surface area (Å²) >= 11 is 0. The molecular formula is C28H35N7O7. The number of nitrogens with two attached hydrogens (primary N) is 1. The molecule has 0 aromatic heterocycles. The van der Waals surface area contributed by atoms with Gasteiger partial charge in [-0.1, -0.05) is 30.3 Å². The van der Waals surface area contributed by atoms with Crippen molar-refractivity contribution in [3.63, 3.8) is 0 Å². The minimum absolute atomic E-state index is 0.0340. The predicted molar refractivity (Wildman–Crippen MR) is 153 cm³/mol. The number of hydrogen-bond acceptors (Lipinski definition) is 8. The van der Waals surface area contributed by atoms with Crippen LogP contribution in [0.3, 0.4) is 0 Å². The molecule has 224 valence electrons. The second kappa shape index (κ2) is 14.6.